The van der Waals surface area contributed by atoms with Crippen molar-refractivity contribution in [1.29, 1.82) is 0 Å². The Kier molecular flexibility index (Phi) is 8.71. The molecular weight excluding hydrogens is 583 g/mol. The summed E-state index contributed by atoms with van der Waals surface area (Å²) in [4.78, 5) is 18.4. The molecule has 1 amide bonds. The second kappa shape index (κ2) is 12.4. The van der Waals surface area contributed by atoms with Crippen LogP contribution in [-0.2, 0) is 10.0 Å². The molecule has 0 spiro atoms. The number of rotatable bonds is 9. The Morgan fingerprint density at radius 3 is 2.26 bits per heavy atom. The minimum atomic E-state index is -3.66. The van der Waals surface area contributed by atoms with E-state index in [0.29, 0.717) is 46.1 Å². The summed E-state index contributed by atoms with van der Waals surface area (Å²) in [6.45, 7) is 0.954. The summed E-state index contributed by atoms with van der Waals surface area (Å²) in [5.74, 6) is 0.217. The van der Waals surface area contributed by atoms with E-state index in [4.69, 9.17) is 14.2 Å². The van der Waals surface area contributed by atoms with Gasteiger partial charge in [-0.2, -0.15) is 14.4 Å². The van der Waals surface area contributed by atoms with Crippen LogP contribution in [0, 0.1) is 5.82 Å². The number of anilines is 1. The normalized spacial score (nSPS) is 14.3. The predicted octanol–water partition coefficient (Wildman–Crippen LogP) is 5.32. The number of methoxy groups -OCH3 is 3. The minimum Gasteiger partial charge on any atom is -0.493 e. The highest BCUT2D eigenvalue weighted by Gasteiger charge is 2.27. The van der Waals surface area contributed by atoms with Crippen LogP contribution in [0.5, 0.6) is 17.2 Å². The first-order chi connectivity index (χ1) is 20.2. The molecule has 3 aromatic carbocycles. The SMILES string of the molecule is COc1cc(/C=N/N(C(=O)c2ccc(S(=O)(=O)N3CCCCC3)cc2)c2nc3ccc(F)cc3s2)cc(OC)c1OC. The number of benzene rings is 3. The first-order valence-electron chi connectivity index (χ1n) is 13.1. The maximum Gasteiger partial charge on any atom is 0.280 e. The van der Waals surface area contributed by atoms with Gasteiger partial charge in [-0.1, -0.05) is 17.8 Å². The van der Waals surface area contributed by atoms with Crippen LogP contribution < -0.4 is 19.2 Å². The fourth-order valence-electron chi connectivity index (χ4n) is 4.61. The van der Waals surface area contributed by atoms with Crippen molar-refractivity contribution in [2.75, 3.05) is 39.4 Å². The maximum absolute atomic E-state index is 13.9. The van der Waals surface area contributed by atoms with Crippen LogP contribution in [-0.4, -0.2) is 64.2 Å². The van der Waals surface area contributed by atoms with E-state index in [1.54, 1.807) is 12.1 Å². The number of piperidine rings is 1. The number of amides is 1. The van der Waals surface area contributed by atoms with Gasteiger partial charge >= 0.3 is 0 Å². The molecule has 2 heterocycles. The molecule has 0 bridgehead atoms. The van der Waals surface area contributed by atoms with Crippen LogP contribution in [0.25, 0.3) is 10.2 Å². The van der Waals surface area contributed by atoms with E-state index in [0.717, 1.165) is 35.6 Å². The van der Waals surface area contributed by atoms with E-state index < -0.39 is 21.7 Å². The zero-order valence-corrected chi connectivity index (χ0v) is 24.9. The van der Waals surface area contributed by atoms with Crippen molar-refractivity contribution in [3.05, 3.63) is 71.5 Å². The fraction of sp³-hybridized carbons (Fsp3) is 0.276. The molecule has 10 nitrogen and oxygen atoms in total. The van der Waals surface area contributed by atoms with Gasteiger partial charge in [0.15, 0.2) is 11.5 Å². The van der Waals surface area contributed by atoms with Crippen LogP contribution in [0.1, 0.15) is 35.2 Å². The number of fused-ring (bicyclic) bond motifs is 1. The number of hydrogen-bond donors (Lipinski definition) is 0. The van der Waals surface area contributed by atoms with Gasteiger partial charge in [-0.3, -0.25) is 4.79 Å². The van der Waals surface area contributed by atoms with Gasteiger partial charge in [-0.05, 0) is 67.4 Å². The monoisotopic (exact) mass is 612 g/mol. The Bertz CT molecular complexity index is 1710. The van der Waals surface area contributed by atoms with Crippen molar-refractivity contribution in [1.82, 2.24) is 9.29 Å². The lowest BCUT2D eigenvalue weighted by Crippen LogP contribution is -2.35. The van der Waals surface area contributed by atoms with Crippen LogP contribution in [0.2, 0.25) is 0 Å². The van der Waals surface area contributed by atoms with E-state index in [9.17, 15) is 17.6 Å². The molecule has 42 heavy (non-hydrogen) atoms. The molecule has 0 atom stereocenters. The number of sulfonamides is 1. The van der Waals surface area contributed by atoms with Gasteiger partial charge in [0.2, 0.25) is 20.9 Å². The minimum absolute atomic E-state index is 0.115. The molecule has 220 valence electrons. The number of nitrogens with zero attached hydrogens (tertiary/aromatic N) is 4. The zero-order chi connectivity index (χ0) is 29.9. The van der Waals surface area contributed by atoms with E-state index in [-0.39, 0.29) is 15.6 Å². The van der Waals surface area contributed by atoms with E-state index >= 15 is 0 Å². The van der Waals surface area contributed by atoms with Crippen LogP contribution >= 0.6 is 11.3 Å². The van der Waals surface area contributed by atoms with Crippen molar-refractivity contribution in [2.24, 2.45) is 5.10 Å². The van der Waals surface area contributed by atoms with Crippen molar-refractivity contribution >= 4 is 48.8 Å². The molecule has 0 unspecified atom stereocenters. The molecular formula is C29H29FN4O6S2. The quantitative estimate of drug-likeness (QED) is 0.186. The molecule has 1 aromatic heterocycles. The molecule has 1 aliphatic rings. The molecule has 1 saturated heterocycles. The summed E-state index contributed by atoms with van der Waals surface area (Å²) in [5.41, 5.74) is 1.23. The maximum atomic E-state index is 13.9. The molecule has 5 rings (SSSR count). The third kappa shape index (κ3) is 5.94. The molecule has 0 aliphatic carbocycles. The van der Waals surface area contributed by atoms with Gasteiger partial charge < -0.3 is 14.2 Å². The van der Waals surface area contributed by atoms with E-state index in [1.807, 2.05) is 0 Å². The Balaban J connectivity index is 1.51. The molecule has 1 aliphatic heterocycles. The highest BCUT2D eigenvalue weighted by Crippen LogP contribution is 2.38. The number of hydrogen-bond acceptors (Lipinski definition) is 9. The summed E-state index contributed by atoms with van der Waals surface area (Å²) >= 11 is 1.09. The third-order valence-corrected chi connectivity index (χ3v) is 9.68. The summed E-state index contributed by atoms with van der Waals surface area (Å²) in [5, 5.41) is 5.74. The highest BCUT2D eigenvalue weighted by molar-refractivity contribution is 7.89. The standard InChI is InChI=1S/C29H29FN4O6S2/c1-38-24-15-19(16-25(39-2)27(24)40-3)18-31-34(29-32-23-12-9-21(30)17-26(23)41-29)28(35)20-7-10-22(11-8-20)42(36,37)33-13-5-4-6-14-33/h7-12,15-18H,4-6,13-14H2,1-3H3/b31-18+. The molecule has 0 saturated carbocycles. The number of aromatic nitrogens is 1. The molecule has 4 aromatic rings. The second-order valence-corrected chi connectivity index (χ2v) is 12.4. The molecule has 13 heteroatoms. The third-order valence-electron chi connectivity index (χ3n) is 6.78. The number of ether oxygens (including phenoxy) is 3. The average Bonchev–Trinajstić information content (AvgIpc) is 3.43. The second-order valence-electron chi connectivity index (χ2n) is 9.42. The topological polar surface area (TPSA) is 111 Å². The Morgan fingerprint density at radius 1 is 0.976 bits per heavy atom. The number of halogens is 1. The van der Waals surface area contributed by atoms with Gasteiger partial charge in [-0.25, -0.2) is 17.8 Å². The Hall–Kier alpha value is -4.07. The zero-order valence-electron chi connectivity index (χ0n) is 23.2. The average molecular weight is 613 g/mol. The van der Waals surface area contributed by atoms with Gasteiger partial charge in [0.05, 0.1) is 42.7 Å². The first kappa shape index (κ1) is 29.4. The van der Waals surface area contributed by atoms with Gasteiger partial charge in [0.25, 0.3) is 5.91 Å². The molecule has 0 radical (unpaired) electrons. The van der Waals surface area contributed by atoms with Gasteiger partial charge in [0, 0.05) is 24.2 Å². The van der Waals surface area contributed by atoms with Crippen molar-refractivity contribution < 1.29 is 31.8 Å². The van der Waals surface area contributed by atoms with Gasteiger partial charge in [0.1, 0.15) is 5.82 Å². The Morgan fingerprint density at radius 2 is 1.64 bits per heavy atom. The summed E-state index contributed by atoms with van der Waals surface area (Å²) in [7, 11) is 0.808. The number of carbonyl (C=O) groups is 1. The van der Waals surface area contributed by atoms with Crippen LogP contribution in [0.3, 0.4) is 0 Å². The summed E-state index contributed by atoms with van der Waals surface area (Å²) in [6, 6.07) is 13.2. The summed E-state index contributed by atoms with van der Waals surface area (Å²) in [6.07, 6.45) is 4.08. The van der Waals surface area contributed by atoms with Gasteiger partial charge in [-0.15, -0.1) is 0 Å². The molecule has 0 N–H and O–H groups in total. The Labute approximate surface area is 247 Å². The lowest BCUT2D eigenvalue weighted by molar-refractivity contribution is 0.0987. The first-order valence-corrected chi connectivity index (χ1v) is 15.4. The number of carbonyl (C=O) groups excluding carboxylic acids is 1. The number of hydrazone groups is 1. The van der Waals surface area contributed by atoms with Crippen molar-refractivity contribution in [3.8, 4) is 17.2 Å². The highest BCUT2D eigenvalue weighted by atomic mass is 32.2. The fourth-order valence-corrected chi connectivity index (χ4v) is 7.08. The molecule has 1 fully saturated rings. The van der Waals surface area contributed by atoms with Crippen LogP contribution in [0.4, 0.5) is 9.52 Å². The summed E-state index contributed by atoms with van der Waals surface area (Å²) < 4.78 is 58.3. The van der Waals surface area contributed by atoms with Crippen molar-refractivity contribution in [3.63, 3.8) is 0 Å². The van der Waals surface area contributed by atoms with Crippen LogP contribution in [0.15, 0.2) is 64.6 Å². The predicted molar refractivity (Wildman–Crippen MR) is 159 cm³/mol. The lowest BCUT2D eigenvalue weighted by Gasteiger charge is -2.25. The lowest BCUT2D eigenvalue weighted by atomic mass is 10.2. The van der Waals surface area contributed by atoms with Crippen molar-refractivity contribution in [2.45, 2.75) is 24.2 Å². The van der Waals surface area contributed by atoms with E-state index in [2.05, 4.69) is 10.1 Å². The number of thiazole rings is 1. The smallest absolute Gasteiger partial charge is 0.280 e. The largest absolute Gasteiger partial charge is 0.493 e. The van der Waals surface area contributed by atoms with E-state index in [1.165, 1.54) is 74.3 Å².